The van der Waals surface area contributed by atoms with Crippen molar-refractivity contribution in [2.45, 2.75) is 13.8 Å². The summed E-state index contributed by atoms with van der Waals surface area (Å²) < 4.78 is 1.71. The quantitative estimate of drug-likeness (QED) is 0.866. The van der Waals surface area contributed by atoms with Crippen LogP contribution in [0.25, 0.3) is 11.8 Å². The molecule has 0 saturated heterocycles. The van der Waals surface area contributed by atoms with Gasteiger partial charge in [0, 0.05) is 11.8 Å². The lowest BCUT2D eigenvalue weighted by atomic mass is 10.1. The van der Waals surface area contributed by atoms with Gasteiger partial charge in [-0.25, -0.2) is 9.48 Å². The van der Waals surface area contributed by atoms with Crippen LogP contribution in [-0.2, 0) is 4.79 Å². The first kappa shape index (κ1) is 13.6. The van der Waals surface area contributed by atoms with Crippen molar-refractivity contribution in [1.29, 1.82) is 5.26 Å². The van der Waals surface area contributed by atoms with Crippen molar-refractivity contribution in [3.8, 4) is 11.8 Å². The van der Waals surface area contributed by atoms with Crippen molar-refractivity contribution < 1.29 is 9.90 Å². The number of carbonyl (C=O) groups is 1. The third-order valence-electron chi connectivity index (χ3n) is 2.80. The average molecular weight is 267 g/mol. The number of aryl methyl sites for hydroxylation is 2. The summed E-state index contributed by atoms with van der Waals surface area (Å²) in [5.74, 6) is -1.02. The van der Waals surface area contributed by atoms with E-state index < -0.39 is 5.97 Å². The molecule has 5 nitrogen and oxygen atoms in total. The Bertz CT molecular complexity index is 736. The van der Waals surface area contributed by atoms with Crippen LogP contribution in [0.3, 0.4) is 0 Å². The van der Waals surface area contributed by atoms with Gasteiger partial charge in [0.15, 0.2) is 0 Å². The second-order valence-corrected chi connectivity index (χ2v) is 4.40. The lowest BCUT2D eigenvalue weighted by molar-refractivity contribution is -0.131. The van der Waals surface area contributed by atoms with Gasteiger partial charge in [0.1, 0.15) is 6.07 Å². The Labute approximate surface area is 116 Å². The molecule has 0 radical (unpaired) electrons. The van der Waals surface area contributed by atoms with Crippen LogP contribution in [0.1, 0.15) is 22.5 Å². The molecule has 1 heterocycles. The van der Waals surface area contributed by atoms with E-state index in [1.807, 2.05) is 19.9 Å². The lowest BCUT2D eigenvalue weighted by Gasteiger charge is -2.07. The Kier molecular flexibility index (Phi) is 3.67. The smallest absolute Gasteiger partial charge is 0.328 e. The molecule has 1 aromatic carbocycles. The number of rotatable bonds is 3. The Hall–Kier alpha value is -2.87. The third-order valence-corrected chi connectivity index (χ3v) is 2.80. The van der Waals surface area contributed by atoms with E-state index in [9.17, 15) is 10.1 Å². The summed E-state index contributed by atoms with van der Waals surface area (Å²) in [6.07, 6.45) is 2.49. The predicted octanol–water partition coefficient (Wildman–Crippen LogP) is 2.46. The molecule has 0 aliphatic heterocycles. The first-order valence-corrected chi connectivity index (χ1v) is 6.00. The minimum absolute atomic E-state index is 0.448. The molecular weight excluding hydrogens is 254 g/mol. The monoisotopic (exact) mass is 267 g/mol. The van der Waals surface area contributed by atoms with Crippen LogP contribution in [0.15, 0.2) is 30.3 Å². The number of carboxylic acid groups (broad SMARTS) is 1. The second-order valence-electron chi connectivity index (χ2n) is 4.40. The van der Waals surface area contributed by atoms with E-state index in [2.05, 4.69) is 11.2 Å². The Morgan fingerprint density at radius 3 is 2.70 bits per heavy atom. The fraction of sp³-hybridized carbons (Fsp3) is 0.133. The van der Waals surface area contributed by atoms with Crippen molar-refractivity contribution >= 4 is 12.0 Å². The summed E-state index contributed by atoms with van der Waals surface area (Å²) in [4.78, 5) is 10.5. The average Bonchev–Trinajstić information content (AvgIpc) is 2.74. The van der Waals surface area contributed by atoms with E-state index in [1.165, 1.54) is 6.08 Å². The van der Waals surface area contributed by atoms with E-state index in [-0.39, 0.29) is 0 Å². The van der Waals surface area contributed by atoms with Crippen LogP contribution in [0.5, 0.6) is 0 Å². The number of benzene rings is 1. The Morgan fingerprint density at radius 2 is 2.15 bits per heavy atom. The lowest BCUT2D eigenvalue weighted by Crippen LogP contribution is -2.02. The number of nitriles is 1. The third kappa shape index (κ3) is 2.75. The highest BCUT2D eigenvalue weighted by molar-refractivity contribution is 5.85. The van der Waals surface area contributed by atoms with E-state index in [1.54, 1.807) is 22.9 Å². The van der Waals surface area contributed by atoms with Crippen LogP contribution < -0.4 is 0 Å². The number of hydrogen-bond donors (Lipinski definition) is 1. The maximum Gasteiger partial charge on any atom is 0.328 e. The zero-order valence-corrected chi connectivity index (χ0v) is 11.2. The van der Waals surface area contributed by atoms with Gasteiger partial charge in [0.2, 0.25) is 0 Å². The molecular formula is C15H13N3O2. The first-order valence-electron chi connectivity index (χ1n) is 6.00. The largest absolute Gasteiger partial charge is 0.478 e. The summed E-state index contributed by atoms with van der Waals surface area (Å²) in [5.41, 5.74) is 3.61. The molecule has 0 unspecified atom stereocenters. The summed E-state index contributed by atoms with van der Waals surface area (Å²) in [6, 6.07) is 9.21. The van der Waals surface area contributed by atoms with Crippen LogP contribution in [0, 0.1) is 25.2 Å². The number of aliphatic carboxylic acids is 1. The molecule has 0 bridgehead atoms. The molecule has 20 heavy (non-hydrogen) atoms. The molecule has 100 valence electrons. The van der Waals surface area contributed by atoms with Crippen LogP contribution in [0.2, 0.25) is 0 Å². The molecule has 0 saturated carbocycles. The molecule has 1 aromatic heterocycles. The Balaban J connectivity index is 2.49. The van der Waals surface area contributed by atoms with Crippen molar-refractivity contribution in [2.75, 3.05) is 0 Å². The fourth-order valence-electron chi connectivity index (χ4n) is 1.97. The van der Waals surface area contributed by atoms with Crippen LogP contribution >= 0.6 is 0 Å². The fourth-order valence-corrected chi connectivity index (χ4v) is 1.97. The van der Waals surface area contributed by atoms with Crippen LogP contribution in [-0.4, -0.2) is 20.9 Å². The van der Waals surface area contributed by atoms with Gasteiger partial charge in [0.05, 0.1) is 16.9 Å². The first-order chi connectivity index (χ1) is 9.51. The number of carboxylic acids is 1. The molecule has 2 aromatic rings. The van der Waals surface area contributed by atoms with Gasteiger partial charge in [-0.05, 0) is 43.7 Å². The van der Waals surface area contributed by atoms with E-state index in [0.717, 1.165) is 17.5 Å². The zero-order chi connectivity index (χ0) is 14.7. The van der Waals surface area contributed by atoms with Crippen LogP contribution in [0.4, 0.5) is 0 Å². The highest BCUT2D eigenvalue weighted by Gasteiger charge is 2.09. The van der Waals surface area contributed by atoms with Gasteiger partial charge in [-0.15, -0.1) is 0 Å². The minimum atomic E-state index is -1.02. The minimum Gasteiger partial charge on any atom is -0.478 e. The molecule has 5 heteroatoms. The van der Waals surface area contributed by atoms with E-state index in [4.69, 9.17) is 5.11 Å². The molecule has 2 rings (SSSR count). The van der Waals surface area contributed by atoms with Gasteiger partial charge in [-0.2, -0.15) is 10.4 Å². The molecule has 0 spiro atoms. The summed E-state index contributed by atoms with van der Waals surface area (Å²) in [5, 5.41) is 22.2. The van der Waals surface area contributed by atoms with Gasteiger partial charge >= 0.3 is 5.97 Å². The molecule has 0 fully saturated rings. The van der Waals surface area contributed by atoms with Gasteiger partial charge in [0.25, 0.3) is 0 Å². The molecule has 0 aliphatic rings. The molecule has 0 amide bonds. The standard InChI is InChI=1S/C15H13N3O2/c1-10-7-11(2)18(17-10)14-5-3-12(4-6-15(19)20)8-13(14)9-16/h3-8H,1-2H3,(H,19,20)/b6-4+. The topological polar surface area (TPSA) is 78.9 Å². The van der Waals surface area contributed by atoms with Gasteiger partial charge in [-0.1, -0.05) is 6.07 Å². The number of aromatic nitrogens is 2. The van der Waals surface area contributed by atoms with Gasteiger partial charge in [-0.3, -0.25) is 0 Å². The normalized spacial score (nSPS) is 10.7. The van der Waals surface area contributed by atoms with Crippen molar-refractivity contribution in [3.05, 3.63) is 52.9 Å². The van der Waals surface area contributed by atoms with Crippen molar-refractivity contribution in [3.63, 3.8) is 0 Å². The Morgan fingerprint density at radius 1 is 1.40 bits per heavy atom. The van der Waals surface area contributed by atoms with E-state index >= 15 is 0 Å². The van der Waals surface area contributed by atoms with Crippen molar-refractivity contribution in [2.24, 2.45) is 0 Å². The summed E-state index contributed by atoms with van der Waals surface area (Å²) >= 11 is 0. The maximum atomic E-state index is 10.5. The second kappa shape index (κ2) is 5.41. The van der Waals surface area contributed by atoms with Crippen molar-refractivity contribution in [1.82, 2.24) is 9.78 Å². The zero-order valence-electron chi connectivity index (χ0n) is 11.2. The summed E-state index contributed by atoms with van der Waals surface area (Å²) in [6.45, 7) is 3.80. The molecule has 0 atom stereocenters. The highest BCUT2D eigenvalue weighted by atomic mass is 16.4. The maximum absolute atomic E-state index is 10.5. The highest BCUT2D eigenvalue weighted by Crippen LogP contribution is 2.19. The number of hydrogen-bond acceptors (Lipinski definition) is 3. The van der Waals surface area contributed by atoms with E-state index in [0.29, 0.717) is 16.8 Å². The van der Waals surface area contributed by atoms with Gasteiger partial charge < -0.3 is 5.11 Å². The molecule has 1 N–H and O–H groups in total. The SMILES string of the molecule is Cc1cc(C)n(-c2ccc(/C=C/C(=O)O)cc2C#N)n1. The summed E-state index contributed by atoms with van der Waals surface area (Å²) in [7, 11) is 0. The molecule has 0 aliphatic carbocycles. The number of nitrogens with zero attached hydrogens (tertiary/aromatic N) is 3. The predicted molar refractivity (Wildman–Crippen MR) is 74.4 cm³/mol.